The van der Waals surface area contributed by atoms with Gasteiger partial charge < -0.3 is 4.90 Å². The third kappa shape index (κ3) is 2.58. The van der Waals surface area contributed by atoms with E-state index in [0.29, 0.717) is 5.91 Å². The molecule has 1 aromatic heterocycles. The Hall–Kier alpha value is -1.40. The van der Waals surface area contributed by atoms with Gasteiger partial charge in [-0.1, -0.05) is 0 Å². The number of carbonyl (C=O) groups excluding carboxylic acids is 1. The molecule has 1 aromatic rings. The van der Waals surface area contributed by atoms with E-state index in [1.807, 2.05) is 29.9 Å². The summed E-state index contributed by atoms with van der Waals surface area (Å²) in [6.45, 7) is 4.69. The molecule has 1 amide bonds. The van der Waals surface area contributed by atoms with Crippen LogP contribution in [0.2, 0.25) is 0 Å². The molecule has 0 unspecified atom stereocenters. The minimum absolute atomic E-state index is 0.265. The minimum Gasteiger partial charge on any atom is -0.343 e. The molecule has 0 bridgehead atoms. The van der Waals surface area contributed by atoms with Gasteiger partial charge in [-0.3, -0.25) is 19.3 Å². The van der Waals surface area contributed by atoms with Gasteiger partial charge in [-0.15, -0.1) is 0 Å². The van der Waals surface area contributed by atoms with Crippen molar-refractivity contribution in [3.63, 3.8) is 0 Å². The average Bonchev–Trinajstić information content (AvgIpc) is 2.88. The first-order valence-electron chi connectivity index (χ1n) is 7.68. The molecule has 2 fully saturated rings. The molecule has 6 heteroatoms. The van der Waals surface area contributed by atoms with E-state index in [-0.39, 0.29) is 5.54 Å². The lowest BCUT2D eigenvalue weighted by Crippen LogP contribution is -2.66. The number of piperazine rings is 1. The Bertz CT molecular complexity index is 518. The molecule has 116 valence electrons. The van der Waals surface area contributed by atoms with Crippen molar-refractivity contribution in [2.24, 2.45) is 7.05 Å². The fraction of sp³-hybridized carbons (Fsp3) is 0.733. The summed E-state index contributed by atoms with van der Waals surface area (Å²) in [5.74, 6) is 0.303. The second-order valence-electron chi connectivity index (χ2n) is 6.48. The lowest BCUT2D eigenvalue weighted by molar-refractivity contribution is -0.152. The van der Waals surface area contributed by atoms with Gasteiger partial charge in [0.05, 0.1) is 6.20 Å². The zero-order valence-electron chi connectivity index (χ0n) is 13.2. The van der Waals surface area contributed by atoms with Crippen molar-refractivity contribution in [1.29, 1.82) is 0 Å². The summed E-state index contributed by atoms with van der Waals surface area (Å²) in [4.78, 5) is 19.2. The van der Waals surface area contributed by atoms with Gasteiger partial charge in [0.2, 0.25) is 5.91 Å². The van der Waals surface area contributed by atoms with E-state index in [0.717, 1.165) is 45.6 Å². The van der Waals surface area contributed by atoms with Crippen molar-refractivity contribution in [2.45, 2.75) is 24.9 Å². The molecular formula is C15H25N5O. The van der Waals surface area contributed by atoms with Crippen molar-refractivity contribution in [2.75, 3.05) is 40.3 Å². The Balaban J connectivity index is 1.65. The van der Waals surface area contributed by atoms with Crippen LogP contribution in [0, 0.1) is 0 Å². The number of hydrogen-bond acceptors (Lipinski definition) is 4. The first-order chi connectivity index (χ1) is 10.0. The highest BCUT2D eigenvalue weighted by Crippen LogP contribution is 2.32. The SMILES string of the molecule is CN1CCN(C)C2(CCN(Cc3cnn(C)c3)CC2)C1=O. The van der Waals surface area contributed by atoms with Gasteiger partial charge >= 0.3 is 0 Å². The van der Waals surface area contributed by atoms with Gasteiger partial charge in [0.1, 0.15) is 5.54 Å². The highest BCUT2D eigenvalue weighted by atomic mass is 16.2. The zero-order chi connectivity index (χ0) is 15.0. The monoisotopic (exact) mass is 291 g/mol. The largest absolute Gasteiger partial charge is 0.343 e. The molecule has 0 atom stereocenters. The van der Waals surface area contributed by atoms with E-state index in [1.165, 1.54) is 5.56 Å². The summed E-state index contributed by atoms with van der Waals surface area (Å²) < 4.78 is 1.84. The molecule has 3 rings (SSSR count). The molecule has 2 aliphatic heterocycles. The van der Waals surface area contributed by atoms with Crippen molar-refractivity contribution in [3.05, 3.63) is 18.0 Å². The first kappa shape index (κ1) is 14.5. The van der Waals surface area contributed by atoms with Gasteiger partial charge in [-0.25, -0.2) is 0 Å². The van der Waals surface area contributed by atoms with Crippen LogP contribution in [0.4, 0.5) is 0 Å². The highest BCUT2D eigenvalue weighted by molar-refractivity contribution is 5.87. The summed E-state index contributed by atoms with van der Waals surface area (Å²) in [6.07, 6.45) is 5.84. The molecule has 0 radical (unpaired) electrons. The van der Waals surface area contributed by atoms with Crippen LogP contribution in [0.3, 0.4) is 0 Å². The number of aromatic nitrogens is 2. The van der Waals surface area contributed by atoms with Crippen molar-refractivity contribution in [3.8, 4) is 0 Å². The van der Waals surface area contributed by atoms with Gasteiger partial charge in [0.25, 0.3) is 0 Å². The molecule has 6 nitrogen and oxygen atoms in total. The maximum Gasteiger partial charge on any atom is 0.242 e. The topological polar surface area (TPSA) is 44.6 Å². The van der Waals surface area contributed by atoms with Gasteiger partial charge in [-0.2, -0.15) is 5.10 Å². The van der Waals surface area contributed by atoms with Gasteiger partial charge in [-0.05, 0) is 19.9 Å². The predicted octanol–water partition coefficient (Wildman–Crippen LogP) is 0.159. The van der Waals surface area contributed by atoms with Gasteiger partial charge in [0, 0.05) is 58.6 Å². The van der Waals surface area contributed by atoms with Crippen LogP contribution < -0.4 is 0 Å². The molecule has 0 saturated carbocycles. The second kappa shape index (κ2) is 5.42. The minimum atomic E-state index is -0.265. The Morgan fingerprint density at radius 1 is 1.14 bits per heavy atom. The highest BCUT2D eigenvalue weighted by Gasteiger charge is 2.48. The third-order valence-electron chi connectivity index (χ3n) is 5.09. The molecule has 2 saturated heterocycles. The van der Waals surface area contributed by atoms with E-state index >= 15 is 0 Å². The average molecular weight is 291 g/mol. The fourth-order valence-electron chi connectivity index (χ4n) is 3.62. The third-order valence-corrected chi connectivity index (χ3v) is 5.09. The number of piperidine rings is 1. The van der Waals surface area contributed by atoms with Crippen LogP contribution in [0.15, 0.2) is 12.4 Å². The van der Waals surface area contributed by atoms with Crippen molar-refractivity contribution in [1.82, 2.24) is 24.5 Å². The molecule has 0 aromatic carbocycles. The quantitative estimate of drug-likeness (QED) is 0.778. The van der Waals surface area contributed by atoms with Crippen LogP contribution in [0.1, 0.15) is 18.4 Å². The normalized spacial score (nSPS) is 24.0. The molecule has 0 N–H and O–H groups in total. The molecule has 0 aliphatic carbocycles. The number of rotatable bonds is 2. The molecular weight excluding hydrogens is 266 g/mol. The smallest absolute Gasteiger partial charge is 0.242 e. The lowest BCUT2D eigenvalue weighted by Gasteiger charge is -2.50. The number of nitrogens with zero attached hydrogens (tertiary/aromatic N) is 5. The van der Waals surface area contributed by atoms with E-state index in [1.54, 1.807) is 0 Å². The Labute approximate surface area is 126 Å². The summed E-state index contributed by atoms with van der Waals surface area (Å²) >= 11 is 0. The van der Waals surface area contributed by atoms with Crippen molar-refractivity contribution >= 4 is 5.91 Å². The summed E-state index contributed by atoms with van der Waals surface area (Å²) in [7, 11) is 5.97. The number of amides is 1. The molecule has 1 spiro atoms. The zero-order valence-corrected chi connectivity index (χ0v) is 13.2. The number of hydrogen-bond donors (Lipinski definition) is 0. The number of likely N-dealkylation sites (N-methyl/N-ethyl adjacent to an activating group) is 2. The standard InChI is InChI=1S/C15H25N5O/c1-17-8-9-18(2)15(14(17)21)4-6-20(7-5-15)12-13-10-16-19(3)11-13/h10-11H,4-9,12H2,1-3H3. The van der Waals surface area contributed by atoms with Crippen LogP contribution in [0.25, 0.3) is 0 Å². The maximum atomic E-state index is 12.6. The van der Waals surface area contributed by atoms with Crippen molar-refractivity contribution < 1.29 is 4.79 Å². The summed E-state index contributed by atoms with van der Waals surface area (Å²) in [5, 5.41) is 4.22. The molecule has 3 heterocycles. The second-order valence-corrected chi connectivity index (χ2v) is 6.48. The predicted molar refractivity (Wildman–Crippen MR) is 80.7 cm³/mol. The van der Waals surface area contributed by atoms with E-state index in [9.17, 15) is 4.79 Å². The van der Waals surface area contributed by atoms with Crippen LogP contribution >= 0.6 is 0 Å². The Morgan fingerprint density at radius 2 is 1.86 bits per heavy atom. The summed E-state index contributed by atoms with van der Waals surface area (Å²) in [6, 6.07) is 0. The maximum absolute atomic E-state index is 12.6. The Morgan fingerprint density at radius 3 is 2.48 bits per heavy atom. The fourth-order valence-corrected chi connectivity index (χ4v) is 3.62. The van der Waals surface area contributed by atoms with Crippen LogP contribution in [-0.4, -0.2) is 76.2 Å². The number of carbonyl (C=O) groups is 1. The van der Waals surface area contributed by atoms with E-state index in [4.69, 9.17) is 0 Å². The van der Waals surface area contributed by atoms with E-state index < -0.39 is 0 Å². The molecule has 21 heavy (non-hydrogen) atoms. The Kier molecular flexibility index (Phi) is 3.75. The lowest BCUT2D eigenvalue weighted by atomic mass is 9.83. The van der Waals surface area contributed by atoms with Gasteiger partial charge in [0.15, 0.2) is 0 Å². The first-order valence-corrected chi connectivity index (χ1v) is 7.68. The van der Waals surface area contributed by atoms with Crippen LogP contribution in [0.5, 0.6) is 0 Å². The van der Waals surface area contributed by atoms with Crippen LogP contribution in [-0.2, 0) is 18.4 Å². The number of aryl methyl sites for hydroxylation is 1. The molecule has 2 aliphatic rings. The van der Waals surface area contributed by atoms with E-state index in [2.05, 4.69) is 28.1 Å². The summed E-state index contributed by atoms with van der Waals surface area (Å²) in [5.41, 5.74) is 0.979. The number of likely N-dealkylation sites (tertiary alicyclic amines) is 1.